The number of carbonyl (C=O) groups excluding carboxylic acids is 1. The monoisotopic (exact) mass is 557 g/mol. The van der Waals surface area contributed by atoms with Crippen LogP contribution in [-0.4, -0.2) is 71.0 Å². The van der Waals surface area contributed by atoms with Gasteiger partial charge >= 0.3 is 12.1 Å². The summed E-state index contributed by atoms with van der Waals surface area (Å²) in [7, 11) is 0. The Kier molecular flexibility index (Phi) is 9.45. The van der Waals surface area contributed by atoms with Gasteiger partial charge < -0.3 is 19.9 Å². The minimum Gasteiger partial charge on any atom is -0.491 e. The lowest BCUT2D eigenvalue weighted by atomic mass is 10.1. The van der Waals surface area contributed by atoms with Crippen molar-refractivity contribution in [3.8, 4) is 29.0 Å². The minimum atomic E-state index is -4.57. The molecule has 40 heavy (non-hydrogen) atoms. The van der Waals surface area contributed by atoms with E-state index >= 15 is 0 Å². The molecule has 0 radical (unpaired) electrons. The van der Waals surface area contributed by atoms with Crippen LogP contribution in [0, 0.1) is 17.7 Å². The van der Waals surface area contributed by atoms with Crippen LogP contribution in [0.25, 0.3) is 11.4 Å². The zero-order valence-electron chi connectivity index (χ0n) is 22.3. The lowest BCUT2D eigenvalue weighted by molar-refractivity contribution is -0.140. The minimum absolute atomic E-state index is 0.0132. The number of aromatic nitrogens is 2. The number of imidazole rings is 1. The summed E-state index contributed by atoms with van der Waals surface area (Å²) in [4.78, 5) is 23.5. The van der Waals surface area contributed by atoms with Crippen molar-refractivity contribution < 1.29 is 27.1 Å². The van der Waals surface area contributed by atoms with Crippen molar-refractivity contribution in [2.75, 3.05) is 44.6 Å². The molecule has 2 N–H and O–H groups in total. The number of hydrogen-bond donors (Lipinski definition) is 2. The SMILES string of the molecule is CC(C)N1CCN(CCCOc2ccc(-c3ncc(C(F)(F)F)[nH]3)cc2NC(=O)C#Cc2cccc(F)c2)CC1. The molecule has 1 aliphatic rings. The molecule has 0 bridgehead atoms. The van der Waals surface area contributed by atoms with Gasteiger partial charge in [-0.3, -0.25) is 9.69 Å². The highest BCUT2D eigenvalue weighted by molar-refractivity contribution is 6.05. The predicted molar refractivity (Wildman–Crippen MR) is 144 cm³/mol. The number of hydrogen-bond acceptors (Lipinski definition) is 5. The lowest BCUT2D eigenvalue weighted by Crippen LogP contribution is -2.49. The van der Waals surface area contributed by atoms with Crippen molar-refractivity contribution in [3.05, 3.63) is 65.7 Å². The summed E-state index contributed by atoms with van der Waals surface area (Å²) in [5.41, 5.74) is -0.112. The number of benzene rings is 2. The second-order valence-electron chi connectivity index (χ2n) is 9.74. The molecular formula is C29H31F4N5O2. The first-order valence-corrected chi connectivity index (χ1v) is 13.0. The number of nitrogens with one attached hydrogen (secondary N) is 2. The van der Waals surface area contributed by atoms with Gasteiger partial charge in [-0.15, -0.1) is 0 Å². The number of piperazine rings is 1. The number of nitrogens with zero attached hydrogens (tertiary/aromatic N) is 3. The molecule has 0 saturated carbocycles. The first-order chi connectivity index (χ1) is 19.1. The Hall–Kier alpha value is -3.88. The molecular weight excluding hydrogens is 526 g/mol. The number of halogens is 4. The van der Waals surface area contributed by atoms with Crippen LogP contribution in [0.15, 0.2) is 48.7 Å². The smallest absolute Gasteiger partial charge is 0.432 e. The van der Waals surface area contributed by atoms with Crippen molar-refractivity contribution in [1.29, 1.82) is 0 Å². The highest BCUT2D eigenvalue weighted by Gasteiger charge is 2.33. The quantitative estimate of drug-likeness (QED) is 0.231. The Balaban J connectivity index is 1.45. The Labute approximate surface area is 230 Å². The third-order valence-corrected chi connectivity index (χ3v) is 6.54. The van der Waals surface area contributed by atoms with Gasteiger partial charge in [-0.25, -0.2) is 9.37 Å². The summed E-state index contributed by atoms with van der Waals surface area (Å²) >= 11 is 0. The predicted octanol–water partition coefficient (Wildman–Crippen LogP) is 5.02. The van der Waals surface area contributed by atoms with Gasteiger partial charge in [0.25, 0.3) is 0 Å². The molecule has 4 rings (SSSR count). The second kappa shape index (κ2) is 13.0. The summed E-state index contributed by atoms with van der Waals surface area (Å²) in [6, 6.07) is 10.7. The van der Waals surface area contributed by atoms with Gasteiger partial charge in [0.05, 0.1) is 18.5 Å². The highest BCUT2D eigenvalue weighted by Crippen LogP contribution is 2.33. The van der Waals surface area contributed by atoms with E-state index in [1.807, 2.05) is 0 Å². The zero-order valence-corrected chi connectivity index (χ0v) is 22.3. The molecule has 0 aliphatic carbocycles. The second-order valence-corrected chi connectivity index (χ2v) is 9.74. The molecule has 2 heterocycles. The summed E-state index contributed by atoms with van der Waals surface area (Å²) in [6.45, 7) is 9.64. The van der Waals surface area contributed by atoms with Crippen molar-refractivity contribution in [2.24, 2.45) is 0 Å². The van der Waals surface area contributed by atoms with Crippen LogP contribution in [0.4, 0.5) is 23.2 Å². The lowest BCUT2D eigenvalue weighted by Gasteiger charge is -2.36. The van der Waals surface area contributed by atoms with E-state index in [1.54, 1.807) is 18.2 Å². The van der Waals surface area contributed by atoms with Gasteiger partial charge in [-0.2, -0.15) is 13.2 Å². The summed E-state index contributed by atoms with van der Waals surface area (Å²) in [5, 5.41) is 2.64. The Bertz CT molecular complexity index is 1370. The standard InChI is InChI=1S/C29H31F4N5O2/c1-20(2)38-14-12-37(13-15-38)11-4-16-40-25-9-8-22(28-34-19-26(36-28)29(31,32)33)18-24(25)35-27(39)10-7-21-5-3-6-23(30)17-21/h3,5-6,8-9,17-20H,4,11-16H2,1-2H3,(H,34,36)(H,35,39). The average Bonchev–Trinajstić information content (AvgIpc) is 3.42. The van der Waals surface area contributed by atoms with E-state index in [-0.39, 0.29) is 11.5 Å². The number of ether oxygens (including phenoxy) is 1. The van der Waals surface area contributed by atoms with E-state index in [2.05, 4.69) is 50.8 Å². The number of rotatable bonds is 8. The van der Waals surface area contributed by atoms with Crippen molar-refractivity contribution in [2.45, 2.75) is 32.5 Å². The molecule has 0 unspecified atom stereocenters. The van der Waals surface area contributed by atoms with Gasteiger partial charge in [0.15, 0.2) is 0 Å². The molecule has 1 aliphatic heterocycles. The molecule has 212 valence electrons. The fourth-order valence-corrected chi connectivity index (χ4v) is 4.34. The molecule has 1 saturated heterocycles. The molecule has 7 nitrogen and oxygen atoms in total. The Morgan fingerprint density at radius 1 is 1.15 bits per heavy atom. The first-order valence-electron chi connectivity index (χ1n) is 13.0. The molecule has 0 spiro atoms. The van der Waals surface area contributed by atoms with E-state index in [0.29, 0.717) is 35.7 Å². The fraction of sp³-hybridized carbons (Fsp3) is 0.379. The highest BCUT2D eigenvalue weighted by atomic mass is 19.4. The maximum Gasteiger partial charge on any atom is 0.432 e. The molecule has 3 aromatic rings. The Morgan fingerprint density at radius 3 is 2.60 bits per heavy atom. The number of amides is 1. The van der Waals surface area contributed by atoms with Crippen LogP contribution in [-0.2, 0) is 11.0 Å². The fourth-order valence-electron chi connectivity index (χ4n) is 4.34. The Morgan fingerprint density at radius 2 is 1.93 bits per heavy atom. The number of alkyl halides is 3. The average molecular weight is 558 g/mol. The molecule has 1 amide bonds. The van der Waals surface area contributed by atoms with Gasteiger partial charge in [-0.05, 0) is 56.7 Å². The van der Waals surface area contributed by atoms with Crippen LogP contribution >= 0.6 is 0 Å². The summed E-state index contributed by atoms with van der Waals surface area (Å²) in [5.74, 6) is 4.16. The van der Waals surface area contributed by atoms with E-state index in [1.165, 1.54) is 24.3 Å². The van der Waals surface area contributed by atoms with Crippen LogP contribution in [0.1, 0.15) is 31.5 Å². The van der Waals surface area contributed by atoms with Crippen molar-refractivity contribution in [1.82, 2.24) is 19.8 Å². The third kappa shape index (κ3) is 8.07. The molecule has 11 heteroatoms. The summed E-state index contributed by atoms with van der Waals surface area (Å²) < 4.78 is 58.5. The maximum atomic E-state index is 13.4. The van der Waals surface area contributed by atoms with Crippen LogP contribution in [0.3, 0.4) is 0 Å². The number of carbonyl (C=O) groups is 1. The maximum absolute atomic E-state index is 13.4. The van der Waals surface area contributed by atoms with E-state index in [4.69, 9.17) is 4.74 Å². The molecule has 1 aromatic heterocycles. The molecule has 1 fully saturated rings. The van der Waals surface area contributed by atoms with Crippen LogP contribution in [0.2, 0.25) is 0 Å². The first kappa shape index (κ1) is 29.1. The van der Waals surface area contributed by atoms with E-state index in [0.717, 1.165) is 39.1 Å². The zero-order chi connectivity index (χ0) is 28.7. The van der Waals surface area contributed by atoms with E-state index < -0.39 is 23.6 Å². The van der Waals surface area contributed by atoms with Crippen molar-refractivity contribution in [3.63, 3.8) is 0 Å². The molecule has 2 aromatic carbocycles. The number of H-pyrrole nitrogens is 1. The van der Waals surface area contributed by atoms with Gasteiger partial charge in [0.2, 0.25) is 0 Å². The van der Waals surface area contributed by atoms with Crippen LogP contribution in [0.5, 0.6) is 5.75 Å². The van der Waals surface area contributed by atoms with Crippen LogP contribution < -0.4 is 10.1 Å². The van der Waals surface area contributed by atoms with Gasteiger partial charge in [-0.1, -0.05) is 12.0 Å². The normalized spacial score (nSPS) is 14.6. The third-order valence-electron chi connectivity index (χ3n) is 6.54. The summed E-state index contributed by atoms with van der Waals surface area (Å²) in [6.07, 6.45) is -3.11. The van der Waals surface area contributed by atoms with Crippen molar-refractivity contribution >= 4 is 11.6 Å². The number of aromatic amines is 1. The topological polar surface area (TPSA) is 73.5 Å². The van der Waals surface area contributed by atoms with Gasteiger partial charge in [0.1, 0.15) is 23.1 Å². The van der Waals surface area contributed by atoms with E-state index in [9.17, 15) is 22.4 Å². The van der Waals surface area contributed by atoms with Gasteiger partial charge in [0, 0.05) is 55.8 Å². The largest absolute Gasteiger partial charge is 0.491 e. The number of anilines is 1. The molecule has 0 atom stereocenters.